The van der Waals surface area contributed by atoms with Crippen LogP contribution < -0.4 is 5.73 Å². The van der Waals surface area contributed by atoms with Gasteiger partial charge < -0.3 is 5.73 Å². The zero-order chi connectivity index (χ0) is 8.97. The van der Waals surface area contributed by atoms with Crippen LogP contribution in [0.15, 0.2) is 0 Å². The lowest BCUT2D eigenvalue weighted by Gasteiger charge is -2.17. The van der Waals surface area contributed by atoms with E-state index in [1.165, 1.54) is 25.7 Å². The summed E-state index contributed by atoms with van der Waals surface area (Å²) in [7, 11) is -0.678. The zero-order valence-electron chi connectivity index (χ0n) is 7.79. The van der Waals surface area contributed by atoms with E-state index >= 15 is 0 Å². The number of rotatable bonds is 4. The van der Waals surface area contributed by atoms with Crippen molar-refractivity contribution < 1.29 is 4.21 Å². The van der Waals surface area contributed by atoms with Crippen LogP contribution in [0, 0.1) is 5.92 Å². The Hall–Kier alpha value is 0.110. The minimum absolute atomic E-state index is 0.188. The Labute approximate surface area is 77.4 Å². The molecule has 2 atom stereocenters. The first-order valence-corrected chi connectivity index (χ1v) is 6.33. The summed E-state index contributed by atoms with van der Waals surface area (Å²) in [6.45, 7) is 1.96. The quantitative estimate of drug-likeness (QED) is 0.724. The summed E-state index contributed by atoms with van der Waals surface area (Å²) in [5, 5.41) is 0. The summed E-state index contributed by atoms with van der Waals surface area (Å²) in [5.74, 6) is 2.11. The molecule has 1 rings (SSSR count). The smallest absolute Gasteiger partial charge is 0.0389 e. The molecule has 0 aromatic rings. The van der Waals surface area contributed by atoms with Crippen LogP contribution >= 0.6 is 0 Å². The fourth-order valence-corrected chi connectivity index (χ4v) is 2.79. The Kier molecular flexibility index (Phi) is 4.22. The van der Waals surface area contributed by atoms with Crippen molar-refractivity contribution in [1.29, 1.82) is 0 Å². The lowest BCUT2D eigenvalue weighted by Crippen LogP contribution is -2.34. The number of hydrogen-bond donors (Lipinski definition) is 1. The molecule has 12 heavy (non-hydrogen) atoms. The van der Waals surface area contributed by atoms with Crippen molar-refractivity contribution in [2.45, 2.75) is 38.6 Å². The SMILES string of the molecule is CCS(=O)CC(N)C1CCCC1. The van der Waals surface area contributed by atoms with Crippen LogP contribution in [0.3, 0.4) is 0 Å². The van der Waals surface area contributed by atoms with Crippen molar-refractivity contribution in [2.24, 2.45) is 11.7 Å². The van der Waals surface area contributed by atoms with Gasteiger partial charge in [0.05, 0.1) is 0 Å². The fraction of sp³-hybridized carbons (Fsp3) is 1.00. The van der Waals surface area contributed by atoms with E-state index in [0.717, 1.165) is 5.75 Å². The first kappa shape index (κ1) is 10.2. The second-order valence-electron chi connectivity index (χ2n) is 3.60. The van der Waals surface area contributed by atoms with Gasteiger partial charge in [0, 0.05) is 28.3 Å². The van der Waals surface area contributed by atoms with E-state index in [-0.39, 0.29) is 6.04 Å². The molecule has 1 aliphatic carbocycles. The second kappa shape index (κ2) is 4.97. The molecule has 1 fully saturated rings. The summed E-state index contributed by atoms with van der Waals surface area (Å²) in [6.07, 6.45) is 5.14. The van der Waals surface area contributed by atoms with Gasteiger partial charge in [-0.15, -0.1) is 0 Å². The predicted molar refractivity (Wildman–Crippen MR) is 53.5 cm³/mol. The van der Waals surface area contributed by atoms with Crippen LogP contribution in [0.1, 0.15) is 32.6 Å². The Balaban J connectivity index is 2.26. The third kappa shape index (κ3) is 2.87. The maximum absolute atomic E-state index is 11.2. The van der Waals surface area contributed by atoms with Gasteiger partial charge in [0.15, 0.2) is 0 Å². The predicted octanol–water partition coefficient (Wildman–Crippen LogP) is 1.27. The maximum atomic E-state index is 11.2. The molecule has 3 heteroatoms. The average molecular weight is 189 g/mol. The van der Waals surface area contributed by atoms with E-state index in [1.54, 1.807) is 0 Å². The maximum Gasteiger partial charge on any atom is 0.0389 e. The molecule has 1 saturated carbocycles. The molecule has 0 aromatic heterocycles. The normalized spacial score (nSPS) is 24.2. The van der Waals surface area contributed by atoms with Crippen molar-refractivity contribution in [3.8, 4) is 0 Å². The minimum Gasteiger partial charge on any atom is -0.327 e. The number of nitrogens with two attached hydrogens (primary N) is 1. The lowest BCUT2D eigenvalue weighted by atomic mass is 10.0. The van der Waals surface area contributed by atoms with Gasteiger partial charge in [-0.1, -0.05) is 19.8 Å². The molecule has 2 N–H and O–H groups in total. The fourth-order valence-electron chi connectivity index (χ4n) is 1.85. The van der Waals surface area contributed by atoms with Crippen molar-refractivity contribution >= 4 is 10.8 Å². The van der Waals surface area contributed by atoms with Crippen LogP contribution in [-0.2, 0) is 10.8 Å². The summed E-state index contributed by atoms with van der Waals surface area (Å²) < 4.78 is 11.2. The highest BCUT2D eigenvalue weighted by Gasteiger charge is 2.22. The van der Waals surface area contributed by atoms with Gasteiger partial charge in [0.2, 0.25) is 0 Å². The first-order chi connectivity index (χ1) is 5.74. The van der Waals surface area contributed by atoms with Gasteiger partial charge in [-0.2, -0.15) is 0 Å². The molecule has 0 amide bonds. The number of hydrogen-bond acceptors (Lipinski definition) is 2. The molecular weight excluding hydrogens is 170 g/mol. The molecule has 0 aromatic carbocycles. The van der Waals surface area contributed by atoms with Crippen LogP contribution in [0.25, 0.3) is 0 Å². The van der Waals surface area contributed by atoms with Crippen molar-refractivity contribution in [1.82, 2.24) is 0 Å². The molecule has 0 heterocycles. The molecule has 0 aliphatic heterocycles. The van der Waals surface area contributed by atoms with Crippen molar-refractivity contribution in [3.63, 3.8) is 0 Å². The Morgan fingerprint density at radius 2 is 2.08 bits per heavy atom. The summed E-state index contributed by atoms with van der Waals surface area (Å²) in [6, 6.07) is 0.188. The summed E-state index contributed by atoms with van der Waals surface area (Å²) >= 11 is 0. The Morgan fingerprint density at radius 1 is 1.50 bits per heavy atom. The summed E-state index contributed by atoms with van der Waals surface area (Å²) in [5.41, 5.74) is 5.96. The van der Waals surface area contributed by atoms with E-state index in [9.17, 15) is 4.21 Å². The molecule has 2 unspecified atom stereocenters. The average Bonchev–Trinajstić information content (AvgIpc) is 2.56. The van der Waals surface area contributed by atoms with Crippen molar-refractivity contribution in [3.05, 3.63) is 0 Å². The molecule has 1 aliphatic rings. The highest BCUT2D eigenvalue weighted by molar-refractivity contribution is 7.84. The Morgan fingerprint density at radius 3 is 2.58 bits per heavy atom. The molecule has 0 bridgehead atoms. The van der Waals surface area contributed by atoms with Gasteiger partial charge in [0.1, 0.15) is 0 Å². The minimum atomic E-state index is -0.678. The molecule has 72 valence electrons. The van der Waals surface area contributed by atoms with E-state index in [2.05, 4.69) is 0 Å². The van der Waals surface area contributed by atoms with Crippen LogP contribution in [0.2, 0.25) is 0 Å². The van der Waals surface area contributed by atoms with Gasteiger partial charge in [-0.05, 0) is 18.8 Å². The van der Waals surface area contributed by atoms with Gasteiger partial charge >= 0.3 is 0 Å². The van der Waals surface area contributed by atoms with E-state index in [0.29, 0.717) is 11.7 Å². The lowest BCUT2D eigenvalue weighted by molar-refractivity contribution is 0.460. The van der Waals surface area contributed by atoms with Gasteiger partial charge in [-0.25, -0.2) is 0 Å². The third-order valence-electron chi connectivity index (χ3n) is 2.71. The zero-order valence-corrected chi connectivity index (χ0v) is 8.61. The van der Waals surface area contributed by atoms with Crippen LogP contribution in [0.4, 0.5) is 0 Å². The second-order valence-corrected chi connectivity index (χ2v) is 5.39. The van der Waals surface area contributed by atoms with Crippen molar-refractivity contribution in [2.75, 3.05) is 11.5 Å². The van der Waals surface area contributed by atoms with Crippen LogP contribution in [0.5, 0.6) is 0 Å². The highest BCUT2D eigenvalue weighted by atomic mass is 32.2. The molecule has 0 saturated heterocycles. The molecular formula is C9H19NOS. The van der Waals surface area contributed by atoms with Gasteiger partial charge in [0.25, 0.3) is 0 Å². The monoisotopic (exact) mass is 189 g/mol. The molecule has 0 radical (unpaired) electrons. The third-order valence-corrected chi connectivity index (χ3v) is 4.11. The largest absolute Gasteiger partial charge is 0.327 e. The first-order valence-electron chi connectivity index (χ1n) is 4.84. The molecule has 0 spiro atoms. The van der Waals surface area contributed by atoms with Gasteiger partial charge in [-0.3, -0.25) is 4.21 Å². The van der Waals surface area contributed by atoms with Crippen LogP contribution in [-0.4, -0.2) is 21.8 Å². The highest BCUT2D eigenvalue weighted by Crippen LogP contribution is 2.26. The standard InChI is InChI=1S/C9H19NOS/c1-2-12(11)7-9(10)8-5-3-4-6-8/h8-9H,2-7,10H2,1H3. The van der Waals surface area contributed by atoms with E-state index in [1.807, 2.05) is 6.92 Å². The Bertz CT molecular complexity index is 155. The van der Waals surface area contributed by atoms with E-state index < -0.39 is 10.8 Å². The molecule has 2 nitrogen and oxygen atoms in total. The van der Waals surface area contributed by atoms with E-state index in [4.69, 9.17) is 5.73 Å². The topological polar surface area (TPSA) is 43.1 Å². The summed E-state index contributed by atoms with van der Waals surface area (Å²) in [4.78, 5) is 0.